The van der Waals surface area contributed by atoms with Crippen molar-refractivity contribution in [1.82, 2.24) is 4.90 Å². The lowest BCUT2D eigenvalue weighted by Gasteiger charge is -2.38. The molecule has 0 aromatic rings. The Morgan fingerprint density at radius 1 is 1.60 bits per heavy atom. The molecule has 2 nitrogen and oxygen atoms in total. The summed E-state index contributed by atoms with van der Waals surface area (Å²) in [5.41, 5.74) is 0.466. The Kier molecular flexibility index (Phi) is 3.66. The van der Waals surface area contributed by atoms with Crippen molar-refractivity contribution in [3.8, 4) is 0 Å². The summed E-state index contributed by atoms with van der Waals surface area (Å²) in [5.74, 6) is 0. The number of hydrogen-bond donors (Lipinski definition) is 0. The van der Waals surface area contributed by atoms with Crippen LogP contribution in [-0.4, -0.2) is 40.3 Å². The number of hydrogen-bond acceptors (Lipinski definition) is 3. The normalized spacial score (nSPS) is 30.5. The number of aliphatic imine (C=N–C) groups is 1. The average Bonchev–Trinajstić information content (AvgIpc) is 2.64. The van der Waals surface area contributed by atoms with Gasteiger partial charge in [0.05, 0.1) is 6.54 Å². The van der Waals surface area contributed by atoms with E-state index in [0.29, 0.717) is 10.7 Å². The van der Waals surface area contributed by atoms with Gasteiger partial charge in [0.15, 0.2) is 5.17 Å². The molecule has 0 aromatic heterocycles. The van der Waals surface area contributed by atoms with Gasteiger partial charge in [0.1, 0.15) is 0 Å². The summed E-state index contributed by atoms with van der Waals surface area (Å²) in [4.78, 5) is 7.14. The van der Waals surface area contributed by atoms with Crippen LogP contribution < -0.4 is 0 Å². The van der Waals surface area contributed by atoms with Crippen LogP contribution in [0.15, 0.2) is 4.99 Å². The van der Waals surface area contributed by atoms with Gasteiger partial charge in [-0.25, -0.2) is 0 Å². The first-order valence-electron chi connectivity index (χ1n) is 5.63. The number of halogens is 1. The van der Waals surface area contributed by atoms with Crippen LogP contribution in [0.4, 0.5) is 0 Å². The van der Waals surface area contributed by atoms with E-state index in [1.807, 2.05) is 11.8 Å². The third kappa shape index (κ3) is 2.90. The first kappa shape index (κ1) is 11.8. The molecule has 2 rings (SSSR count). The molecule has 0 amide bonds. The molecule has 2 aliphatic rings. The van der Waals surface area contributed by atoms with Crippen molar-refractivity contribution in [3.63, 3.8) is 0 Å². The van der Waals surface area contributed by atoms with E-state index in [4.69, 9.17) is 0 Å². The molecule has 1 atom stereocenters. The van der Waals surface area contributed by atoms with Crippen LogP contribution in [0.1, 0.15) is 26.7 Å². The molecule has 2 aliphatic heterocycles. The highest BCUT2D eigenvalue weighted by molar-refractivity contribution is 9.09. The van der Waals surface area contributed by atoms with Gasteiger partial charge in [-0.05, 0) is 18.3 Å². The number of nitrogens with zero attached hydrogens (tertiary/aromatic N) is 2. The van der Waals surface area contributed by atoms with Crippen molar-refractivity contribution >= 4 is 32.9 Å². The number of piperidine rings is 1. The first-order chi connectivity index (χ1) is 7.11. The fourth-order valence-electron chi connectivity index (χ4n) is 2.24. The number of thioether (sulfide) groups is 1. The van der Waals surface area contributed by atoms with E-state index in [9.17, 15) is 0 Å². The van der Waals surface area contributed by atoms with Gasteiger partial charge in [0, 0.05) is 23.7 Å². The van der Waals surface area contributed by atoms with Gasteiger partial charge < -0.3 is 4.90 Å². The number of likely N-dealkylation sites (tertiary alicyclic amines) is 1. The lowest BCUT2D eigenvalue weighted by atomic mass is 9.84. The van der Waals surface area contributed by atoms with Crippen LogP contribution in [0, 0.1) is 5.41 Å². The van der Waals surface area contributed by atoms with Gasteiger partial charge >= 0.3 is 0 Å². The van der Waals surface area contributed by atoms with E-state index in [1.165, 1.54) is 31.1 Å². The maximum Gasteiger partial charge on any atom is 0.159 e. The van der Waals surface area contributed by atoms with E-state index >= 15 is 0 Å². The number of alkyl halides is 1. The lowest BCUT2D eigenvalue weighted by Crippen LogP contribution is -2.42. The second-order valence-corrected chi connectivity index (χ2v) is 7.12. The molecular weight excluding hydrogens is 272 g/mol. The molecule has 0 spiro atoms. The Morgan fingerprint density at radius 2 is 2.40 bits per heavy atom. The van der Waals surface area contributed by atoms with Gasteiger partial charge in [-0.2, -0.15) is 0 Å². The lowest BCUT2D eigenvalue weighted by molar-refractivity contribution is 0.181. The van der Waals surface area contributed by atoms with Crippen molar-refractivity contribution in [2.75, 3.05) is 25.0 Å². The number of amidine groups is 1. The van der Waals surface area contributed by atoms with Crippen LogP contribution in [-0.2, 0) is 0 Å². The Labute approximate surface area is 105 Å². The van der Waals surface area contributed by atoms with Gasteiger partial charge in [-0.3, -0.25) is 4.99 Å². The van der Waals surface area contributed by atoms with Crippen molar-refractivity contribution in [2.24, 2.45) is 10.4 Å². The molecule has 1 fully saturated rings. The van der Waals surface area contributed by atoms with Crippen LogP contribution in [0.25, 0.3) is 0 Å². The quantitative estimate of drug-likeness (QED) is 0.690. The van der Waals surface area contributed by atoms with E-state index in [1.54, 1.807) is 0 Å². The predicted molar refractivity (Wildman–Crippen MR) is 72.1 cm³/mol. The van der Waals surface area contributed by atoms with E-state index in [2.05, 4.69) is 39.7 Å². The molecule has 4 heteroatoms. The molecule has 0 saturated carbocycles. The molecule has 86 valence electrons. The zero-order valence-electron chi connectivity index (χ0n) is 9.50. The molecule has 0 radical (unpaired) electrons. The molecule has 0 aromatic carbocycles. The van der Waals surface area contributed by atoms with E-state index in [0.717, 1.165) is 11.9 Å². The van der Waals surface area contributed by atoms with Crippen LogP contribution in [0.5, 0.6) is 0 Å². The highest BCUT2D eigenvalue weighted by atomic mass is 79.9. The van der Waals surface area contributed by atoms with Crippen LogP contribution in [0.3, 0.4) is 0 Å². The standard InChI is InChI=1S/C11H19BrN2S/c1-11(2)4-3-5-14(8-11)10-13-7-9(6-12)15-10/h9H,3-8H2,1-2H3. The van der Waals surface area contributed by atoms with Gasteiger partial charge in [0.2, 0.25) is 0 Å². The Balaban J connectivity index is 1.94. The smallest absolute Gasteiger partial charge is 0.159 e. The first-order valence-corrected chi connectivity index (χ1v) is 7.63. The van der Waals surface area contributed by atoms with Crippen molar-refractivity contribution in [3.05, 3.63) is 0 Å². The minimum atomic E-state index is 0.466. The minimum absolute atomic E-state index is 0.466. The van der Waals surface area contributed by atoms with Crippen LogP contribution >= 0.6 is 27.7 Å². The Morgan fingerprint density at radius 3 is 3.00 bits per heavy atom. The molecule has 0 N–H and O–H groups in total. The van der Waals surface area contributed by atoms with E-state index < -0.39 is 0 Å². The topological polar surface area (TPSA) is 15.6 Å². The molecule has 0 bridgehead atoms. The zero-order valence-corrected chi connectivity index (χ0v) is 11.9. The fraction of sp³-hybridized carbons (Fsp3) is 0.909. The molecule has 1 unspecified atom stereocenters. The molecule has 15 heavy (non-hydrogen) atoms. The maximum absolute atomic E-state index is 4.65. The van der Waals surface area contributed by atoms with Crippen molar-refractivity contribution < 1.29 is 0 Å². The molecule has 1 saturated heterocycles. The SMILES string of the molecule is CC1(C)CCCN(C2=NCC(CBr)S2)C1. The monoisotopic (exact) mass is 290 g/mol. The summed E-state index contributed by atoms with van der Waals surface area (Å²) in [7, 11) is 0. The zero-order chi connectivity index (χ0) is 10.9. The summed E-state index contributed by atoms with van der Waals surface area (Å²) in [6.07, 6.45) is 2.66. The van der Waals surface area contributed by atoms with E-state index in [-0.39, 0.29) is 0 Å². The van der Waals surface area contributed by atoms with Crippen LogP contribution in [0.2, 0.25) is 0 Å². The third-order valence-corrected chi connectivity index (χ3v) is 5.50. The minimum Gasteiger partial charge on any atom is -0.351 e. The maximum atomic E-state index is 4.65. The second kappa shape index (κ2) is 4.66. The summed E-state index contributed by atoms with van der Waals surface area (Å²) < 4.78 is 0. The highest BCUT2D eigenvalue weighted by Gasteiger charge is 2.31. The van der Waals surface area contributed by atoms with Gasteiger partial charge in [-0.1, -0.05) is 41.5 Å². The predicted octanol–water partition coefficient (Wildman–Crippen LogP) is 2.97. The summed E-state index contributed by atoms with van der Waals surface area (Å²) in [6, 6.07) is 0. The molecular formula is C11H19BrN2S. The van der Waals surface area contributed by atoms with Gasteiger partial charge in [-0.15, -0.1) is 0 Å². The third-order valence-electron chi connectivity index (χ3n) is 3.05. The number of rotatable bonds is 1. The summed E-state index contributed by atoms with van der Waals surface area (Å²) >= 11 is 5.48. The fourth-order valence-corrected chi connectivity index (χ4v) is 3.81. The average molecular weight is 291 g/mol. The summed E-state index contributed by atoms with van der Waals surface area (Å²) in [5, 5.41) is 3.00. The van der Waals surface area contributed by atoms with Crippen molar-refractivity contribution in [1.29, 1.82) is 0 Å². The molecule has 0 aliphatic carbocycles. The van der Waals surface area contributed by atoms with Gasteiger partial charge in [0.25, 0.3) is 0 Å². The largest absolute Gasteiger partial charge is 0.351 e. The second-order valence-electron chi connectivity index (χ2n) is 5.21. The van der Waals surface area contributed by atoms with Crippen molar-refractivity contribution in [2.45, 2.75) is 31.9 Å². The summed E-state index contributed by atoms with van der Waals surface area (Å²) in [6.45, 7) is 8.09. The molecule has 2 heterocycles. The highest BCUT2D eigenvalue weighted by Crippen LogP contribution is 2.33. The Hall–Kier alpha value is 0.300. The Bertz CT molecular complexity index is 265.